The van der Waals surface area contributed by atoms with Gasteiger partial charge in [0.25, 0.3) is 5.56 Å². The van der Waals surface area contributed by atoms with Gasteiger partial charge in [0.05, 0.1) is 0 Å². The fourth-order valence-electron chi connectivity index (χ4n) is 1.22. The first-order valence-electron chi connectivity index (χ1n) is 4.01. The minimum Gasteiger partial charge on any atom is -0.477 e. The summed E-state index contributed by atoms with van der Waals surface area (Å²) in [5, 5.41) is 8.97. The summed E-state index contributed by atoms with van der Waals surface area (Å²) < 4.78 is 1.13. The summed E-state index contributed by atoms with van der Waals surface area (Å²) in [6.45, 7) is 0. The van der Waals surface area contributed by atoms with Crippen LogP contribution < -0.4 is 5.56 Å². The van der Waals surface area contributed by atoms with E-state index in [9.17, 15) is 9.59 Å². The highest BCUT2D eigenvalue weighted by Gasteiger charge is 2.10. The van der Waals surface area contributed by atoms with Gasteiger partial charge < -0.3 is 5.11 Å². The normalized spacial score (nSPS) is 10.5. The van der Waals surface area contributed by atoms with E-state index in [1.165, 1.54) is 24.4 Å². The van der Waals surface area contributed by atoms with E-state index in [1.807, 2.05) is 0 Å². The number of hydrogen-bond donors (Lipinski definition) is 1. The molecule has 0 unspecified atom stereocenters. The summed E-state index contributed by atoms with van der Waals surface area (Å²) >= 11 is 5.63. The molecule has 0 bridgehead atoms. The predicted octanol–water partition coefficient (Wildman–Crippen LogP) is 1.05. The molecule has 0 aromatic carbocycles. The standard InChI is InChI=1S/C9H5ClN2O3/c10-6-3-4-12-7(11-6)2-1-5(8(12)13)9(14)15/h1-4H,(H,14,15). The van der Waals surface area contributed by atoms with Crippen LogP contribution in [0.2, 0.25) is 5.15 Å². The smallest absolute Gasteiger partial charge is 0.341 e. The number of fused-ring (bicyclic) bond motifs is 1. The number of carboxylic acids is 1. The largest absolute Gasteiger partial charge is 0.477 e. The molecule has 0 radical (unpaired) electrons. The minimum absolute atomic E-state index is 0.248. The Morgan fingerprint density at radius 1 is 1.40 bits per heavy atom. The number of pyridine rings is 1. The van der Waals surface area contributed by atoms with Gasteiger partial charge in [-0.1, -0.05) is 11.6 Å². The van der Waals surface area contributed by atoms with Gasteiger partial charge in [-0.05, 0) is 18.2 Å². The van der Waals surface area contributed by atoms with Crippen molar-refractivity contribution in [2.24, 2.45) is 0 Å². The zero-order valence-electron chi connectivity index (χ0n) is 7.35. The summed E-state index contributed by atoms with van der Waals surface area (Å²) in [4.78, 5) is 26.1. The third-order valence-electron chi connectivity index (χ3n) is 1.91. The van der Waals surface area contributed by atoms with Gasteiger partial charge in [-0.3, -0.25) is 9.20 Å². The highest BCUT2D eigenvalue weighted by Crippen LogP contribution is 2.05. The molecule has 2 aromatic heterocycles. The van der Waals surface area contributed by atoms with Crippen LogP contribution in [-0.4, -0.2) is 20.5 Å². The van der Waals surface area contributed by atoms with Crippen molar-refractivity contribution in [2.45, 2.75) is 0 Å². The van der Waals surface area contributed by atoms with Crippen molar-refractivity contribution in [3.05, 3.63) is 45.5 Å². The minimum atomic E-state index is -1.26. The number of halogens is 1. The number of aromatic nitrogens is 2. The van der Waals surface area contributed by atoms with Crippen LogP contribution in [0, 0.1) is 0 Å². The molecule has 0 aliphatic heterocycles. The van der Waals surface area contributed by atoms with Gasteiger partial charge in [-0.25, -0.2) is 9.78 Å². The van der Waals surface area contributed by atoms with Crippen molar-refractivity contribution in [1.29, 1.82) is 0 Å². The van der Waals surface area contributed by atoms with Gasteiger partial charge in [-0.15, -0.1) is 0 Å². The first-order valence-corrected chi connectivity index (χ1v) is 4.38. The average molecular weight is 225 g/mol. The second kappa shape index (κ2) is 3.36. The summed E-state index contributed by atoms with van der Waals surface area (Å²) in [6, 6.07) is 4.06. The highest BCUT2D eigenvalue weighted by molar-refractivity contribution is 6.29. The zero-order valence-corrected chi connectivity index (χ0v) is 8.10. The number of carboxylic acid groups (broad SMARTS) is 1. The molecule has 0 fully saturated rings. The molecular formula is C9H5ClN2O3. The fraction of sp³-hybridized carbons (Fsp3) is 0. The van der Waals surface area contributed by atoms with E-state index >= 15 is 0 Å². The number of carbonyl (C=O) groups is 1. The maximum atomic E-state index is 11.6. The maximum Gasteiger partial charge on any atom is 0.341 e. The second-order valence-corrected chi connectivity index (χ2v) is 3.22. The first-order chi connectivity index (χ1) is 7.09. The number of hydrogen-bond acceptors (Lipinski definition) is 3. The average Bonchev–Trinajstić information content (AvgIpc) is 2.17. The predicted molar refractivity (Wildman–Crippen MR) is 53.4 cm³/mol. The summed E-state index contributed by atoms with van der Waals surface area (Å²) in [5.74, 6) is -1.26. The van der Waals surface area contributed by atoms with Gasteiger partial charge in [0.15, 0.2) is 0 Å². The third kappa shape index (κ3) is 1.57. The molecule has 76 valence electrons. The molecule has 5 nitrogen and oxygen atoms in total. The lowest BCUT2D eigenvalue weighted by atomic mass is 10.3. The maximum absolute atomic E-state index is 11.6. The first kappa shape index (κ1) is 9.67. The summed E-state index contributed by atoms with van der Waals surface area (Å²) in [7, 11) is 0. The molecule has 6 heteroatoms. The van der Waals surface area contributed by atoms with E-state index in [0.717, 1.165) is 4.40 Å². The molecule has 1 N–H and O–H groups in total. The number of aromatic carboxylic acids is 1. The van der Waals surface area contributed by atoms with Crippen LogP contribution in [0.3, 0.4) is 0 Å². The van der Waals surface area contributed by atoms with Crippen molar-refractivity contribution >= 4 is 23.2 Å². The third-order valence-corrected chi connectivity index (χ3v) is 2.12. The van der Waals surface area contributed by atoms with Gasteiger partial charge in [0.2, 0.25) is 0 Å². The SMILES string of the molecule is O=C(O)c1ccc2nc(Cl)ccn2c1=O. The number of nitrogens with zero attached hydrogens (tertiary/aromatic N) is 2. The Labute approximate surface area is 88.6 Å². The van der Waals surface area contributed by atoms with E-state index < -0.39 is 11.5 Å². The highest BCUT2D eigenvalue weighted by atomic mass is 35.5. The van der Waals surface area contributed by atoms with Gasteiger partial charge in [-0.2, -0.15) is 0 Å². The molecule has 0 aliphatic rings. The monoisotopic (exact) mass is 224 g/mol. The summed E-state index contributed by atoms with van der Waals surface area (Å²) in [5.41, 5.74) is -0.599. The van der Waals surface area contributed by atoms with Crippen molar-refractivity contribution in [1.82, 2.24) is 9.38 Å². The summed E-state index contributed by atoms with van der Waals surface area (Å²) in [6.07, 6.45) is 1.39. The molecule has 0 amide bonds. The quantitative estimate of drug-likeness (QED) is 0.735. The van der Waals surface area contributed by atoms with Crippen molar-refractivity contribution in [3.63, 3.8) is 0 Å². The molecule has 0 atom stereocenters. The van der Waals surface area contributed by atoms with E-state index in [2.05, 4.69) is 4.98 Å². The van der Waals surface area contributed by atoms with E-state index in [0.29, 0.717) is 5.65 Å². The molecule has 0 saturated heterocycles. The topological polar surface area (TPSA) is 71.7 Å². The van der Waals surface area contributed by atoms with Crippen LogP contribution >= 0.6 is 11.6 Å². The Kier molecular flexibility index (Phi) is 2.17. The van der Waals surface area contributed by atoms with E-state index in [1.54, 1.807) is 0 Å². The van der Waals surface area contributed by atoms with Gasteiger partial charge >= 0.3 is 5.97 Å². The lowest BCUT2D eigenvalue weighted by molar-refractivity contribution is 0.0695. The van der Waals surface area contributed by atoms with Crippen molar-refractivity contribution in [2.75, 3.05) is 0 Å². The number of rotatable bonds is 1. The Morgan fingerprint density at radius 3 is 2.80 bits per heavy atom. The van der Waals surface area contributed by atoms with Crippen LogP contribution in [0.1, 0.15) is 10.4 Å². The Bertz CT molecular complexity index is 606. The molecule has 0 saturated carbocycles. The van der Waals surface area contributed by atoms with Gasteiger partial charge in [0, 0.05) is 6.20 Å². The van der Waals surface area contributed by atoms with Crippen molar-refractivity contribution in [3.8, 4) is 0 Å². The van der Waals surface area contributed by atoms with Crippen LogP contribution in [0.15, 0.2) is 29.2 Å². The molecular weight excluding hydrogens is 220 g/mol. The molecule has 15 heavy (non-hydrogen) atoms. The Morgan fingerprint density at radius 2 is 2.13 bits per heavy atom. The lowest BCUT2D eigenvalue weighted by Gasteiger charge is -2.00. The lowest BCUT2D eigenvalue weighted by Crippen LogP contribution is -2.21. The van der Waals surface area contributed by atoms with Gasteiger partial charge in [0.1, 0.15) is 16.4 Å². The second-order valence-electron chi connectivity index (χ2n) is 2.84. The van der Waals surface area contributed by atoms with E-state index in [4.69, 9.17) is 16.7 Å². The molecule has 0 aliphatic carbocycles. The molecule has 2 rings (SSSR count). The Hall–Kier alpha value is -1.88. The van der Waals surface area contributed by atoms with Crippen molar-refractivity contribution < 1.29 is 9.90 Å². The van der Waals surface area contributed by atoms with Crippen LogP contribution in [-0.2, 0) is 0 Å². The Balaban J connectivity index is 2.86. The van der Waals surface area contributed by atoms with E-state index in [-0.39, 0.29) is 10.7 Å². The van der Waals surface area contributed by atoms with Crippen LogP contribution in [0.25, 0.3) is 5.65 Å². The fourth-order valence-corrected chi connectivity index (χ4v) is 1.37. The van der Waals surface area contributed by atoms with Crippen LogP contribution in [0.4, 0.5) is 0 Å². The molecule has 2 heterocycles. The molecule has 2 aromatic rings. The molecule has 0 spiro atoms. The zero-order chi connectivity index (χ0) is 11.0. The van der Waals surface area contributed by atoms with Crippen LogP contribution in [0.5, 0.6) is 0 Å².